The Morgan fingerprint density at radius 1 is 0.759 bits per heavy atom. The van der Waals surface area contributed by atoms with Crippen molar-refractivity contribution in [1.29, 1.82) is 0 Å². The minimum absolute atomic E-state index is 0.0987. The van der Waals surface area contributed by atoms with Gasteiger partial charge in [0.25, 0.3) is 0 Å². The minimum atomic E-state index is -0.212. The van der Waals surface area contributed by atoms with E-state index in [0.29, 0.717) is 5.02 Å². The van der Waals surface area contributed by atoms with Crippen LogP contribution in [0.15, 0.2) is 90.5 Å². The van der Waals surface area contributed by atoms with Gasteiger partial charge in [-0.15, -0.1) is 0 Å². The van der Waals surface area contributed by atoms with Crippen LogP contribution in [-0.4, -0.2) is 5.78 Å². The Bertz CT molecular complexity index is 1350. The number of anilines is 1. The number of halogens is 1. The van der Waals surface area contributed by atoms with Crippen LogP contribution in [0.4, 0.5) is 5.69 Å². The van der Waals surface area contributed by atoms with Gasteiger partial charge in [0.1, 0.15) is 0 Å². The number of carbonyl (C=O) groups is 1. The van der Waals surface area contributed by atoms with E-state index in [0.717, 1.165) is 44.5 Å². The normalized spacial score (nSPS) is 17.0. The summed E-state index contributed by atoms with van der Waals surface area (Å²) in [5.74, 6) is 0.0987. The molecule has 4 aromatic rings. The number of carbonyl (C=O) groups excluding carboxylic acids is 1. The number of rotatable bonds is 1. The van der Waals surface area contributed by atoms with Gasteiger partial charge < -0.3 is 5.32 Å². The molecule has 3 heteroatoms. The maximum Gasteiger partial charge on any atom is 0.192 e. The maximum atomic E-state index is 13.5. The van der Waals surface area contributed by atoms with Gasteiger partial charge >= 0.3 is 0 Å². The van der Waals surface area contributed by atoms with E-state index in [2.05, 4.69) is 41.7 Å². The molecule has 0 radical (unpaired) electrons. The first-order chi connectivity index (χ1) is 14.2. The van der Waals surface area contributed by atoms with E-state index < -0.39 is 0 Å². The first-order valence-electron chi connectivity index (χ1n) is 9.65. The van der Waals surface area contributed by atoms with Gasteiger partial charge in [-0.2, -0.15) is 0 Å². The fraction of sp³-hybridized carbons (Fsp3) is 0.0385. The lowest BCUT2D eigenvalue weighted by Crippen LogP contribution is -2.22. The van der Waals surface area contributed by atoms with Crippen LogP contribution in [-0.2, 0) is 0 Å². The Kier molecular flexibility index (Phi) is 3.47. The van der Waals surface area contributed by atoms with Crippen LogP contribution in [0.2, 0.25) is 5.02 Å². The van der Waals surface area contributed by atoms with Crippen LogP contribution in [0.5, 0.6) is 0 Å². The molecule has 0 bridgehead atoms. The van der Waals surface area contributed by atoms with Crippen LogP contribution in [0.1, 0.15) is 33.1 Å². The predicted octanol–water partition coefficient (Wildman–Crippen LogP) is 6.66. The Morgan fingerprint density at radius 2 is 1.48 bits per heavy atom. The van der Waals surface area contributed by atoms with E-state index in [1.54, 1.807) is 0 Å². The topological polar surface area (TPSA) is 29.1 Å². The molecular formula is C26H16ClNO. The molecule has 0 saturated carbocycles. The molecular weight excluding hydrogens is 378 g/mol. The first-order valence-corrected chi connectivity index (χ1v) is 10.0. The first kappa shape index (κ1) is 16.6. The van der Waals surface area contributed by atoms with Crippen LogP contribution < -0.4 is 5.32 Å². The van der Waals surface area contributed by atoms with Crippen molar-refractivity contribution in [2.45, 2.75) is 6.04 Å². The Balaban J connectivity index is 1.70. The average molecular weight is 394 g/mol. The van der Waals surface area contributed by atoms with Crippen molar-refractivity contribution in [2.24, 2.45) is 0 Å². The maximum absolute atomic E-state index is 13.5. The zero-order valence-corrected chi connectivity index (χ0v) is 16.2. The molecule has 0 unspecified atom stereocenters. The van der Waals surface area contributed by atoms with Crippen molar-refractivity contribution in [2.75, 3.05) is 5.32 Å². The zero-order chi connectivity index (χ0) is 19.5. The summed E-state index contributed by atoms with van der Waals surface area (Å²) in [5.41, 5.74) is 6.86. The summed E-state index contributed by atoms with van der Waals surface area (Å²) in [6.07, 6.45) is 0. The average Bonchev–Trinajstić information content (AvgIpc) is 3.07. The lowest BCUT2D eigenvalue weighted by molar-refractivity contribution is 0.103. The second-order valence-electron chi connectivity index (χ2n) is 7.50. The second kappa shape index (κ2) is 6.07. The molecule has 29 heavy (non-hydrogen) atoms. The highest BCUT2D eigenvalue weighted by Crippen LogP contribution is 2.51. The fourth-order valence-electron chi connectivity index (χ4n) is 4.64. The van der Waals surface area contributed by atoms with Gasteiger partial charge in [0.2, 0.25) is 0 Å². The summed E-state index contributed by atoms with van der Waals surface area (Å²) in [7, 11) is 0. The lowest BCUT2D eigenvalue weighted by Gasteiger charge is -2.30. The second-order valence-corrected chi connectivity index (χ2v) is 7.94. The van der Waals surface area contributed by atoms with Gasteiger partial charge in [0, 0.05) is 33.0 Å². The van der Waals surface area contributed by atoms with Crippen LogP contribution in [0.25, 0.3) is 16.3 Å². The van der Waals surface area contributed by atoms with Gasteiger partial charge in [0.15, 0.2) is 5.78 Å². The molecule has 0 spiro atoms. The highest BCUT2D eigenvalue weighted by Gasteiger charge is 2.39. The molecule has 1 aliphatic carbocycles. The van der Waals surface area contributed by atoms with Crippen molar-refractivity contribution in [3.05, 3.63) is 118 Å². The Morgan fingerprint density at radius 3 is 2.31 bits per heavy atom. The number of Topliss-reactive ketones (excluding diaryl/α,β-unsaturated/α-hetero) is 1. The largest absolute Gasteiger partial charge is 0.373 e. The quantitative estimate of drug-likeness (QED) is 0.392. The predicted molar refractivity (Wildman–Crippen MR) is 119 cm³/mol. The monoisotopic (exact) mass is 393 g/mol. The molecule has 2 nitrogen and oxygen atoms in total. The van der Waals surface area contributed by atoms with Gasteiger partial charge in [-0.05, 0) is 40.1 Å². The number of ketones is 1. The minimum Gasteiger partial charge on any atom is -0.373 e. The third-order valence-electron chi connectivity index (χ3n) is 5.93. The van der Waals surface area contributed by atoms with Crippen molar-refractivity contribution < 1.29 is 4.79 Å². The molecule has 1 atom stereocenters. The number of hydrogen-bond donors (Lipinski definition) is 1. The molecule has 6 rings (SSSR count). The highest BCUT2D eigenvalue weighted by atomic mass is 35.5. The molecule has 1 aliphatic heterocycles. The van der Waals surface area contributed by atoms with Gasteiger partial charge in [-0.25, -0.2) is 0 Å². The molecule has 138 valence electrons. The van der Waals surface area contributed by atoms with Gasteiger partial charge in [0.05, 0.1) is 6.04 Å². The van der Waals surface area contributed by atoms with Crippen molar-refractivity contribution in [3.63, 3.8) is 0 Å². The highest BCUT2D eigenvalue weighted by molar-refractivity contribution is 6.30. The summed E-state index contributed by atoms with van der Waals surface area (Å²) in [4.78, 5) is 13.5. The molecule has 0 aromatic heterocycles. The van der Waals surface area contributed by atoms with Gasteiger partial charge in [-0.3, -0.25) is 4.79 Å². The molecule has 1 N–H and O–H groups in total. The molecule has 0 fully saturated rings. The van der Waals surface area contributed by atoms with Crippen LogP contribution in [0, 0.1) is 0 Å². The van der Waals surface area contributed by atoms with E-state index in [-0.39, 0.29) is 11.8 Å². The fourth-order valence-corrected chi connectivity index (χ4v) is 4.77. The van der Waals surface area contributed by atoms with Crippen LogP contribution >= 0.6 is 11.6 Å². The number of benzene rings is 4. The summed E-state index contributed by atoms with van der Waals surface area (Å²) in [5, 5.41) is 6.65. The third kappa shape index (κ3) is 2.33. The molecule has 1 heterocycles. The van der Waals surface area contributed by atoms with E-state index in [9.17, 15) is 4.79 Å². The summed E-state index contributed by atoms with van der Waals surface area (Å²) in [6.45, 7) is 0. The molecule has 0 amide bonds. The van der Waals surface area contributed by atoms with E-state index in [4.69, 9.17) is 11.6 Å². The van der Waals surface area contributed by atoms with E-state index >= 15 is 0 Å². The van der Waals surface area contributed by atoms with Crippen molar-refractivity contribution >= 4 is 39.4 Å². The molecule has 4 aromatic carbocycles. The van der Waals surface area contributed by atoms with Gasteiger partial charge in [-0.1, -0.05) is 78.3 Å². The Labute approximate surface area is 173 Å². The van der Waals surface area contributed by atoms with E-state index in [1.165, 1.54) is 5.39 Å². The standard InChI is InChI=1S/C26H16ClNO/c27-17-12-9-16(10-13-17)25-24-23(19-7-3-4-8-20(19)26(24)29)22-18-6-2-1-5-15(18)11-14-21(22)28-25/h1-14,25,28H/t25-/m1/s1. The molecule has 2 aliphatic rings. The zero-order valence-electron chi connectivity index (χ0n) is 15.4. The van der Waals surface area contributed by atoms with Crippen molar-refractivity contribution in [1.82, 2.24) is 0 Å². The summed E-state index contributed by atoms with van der Waals surface area (Å²) in [6, 6.07) is 28.1. The van der Waals surface area contributed by atoms with Crippen LogP contribution in [0.3, 0.4) is 0 Å². The summed E-state index contributed by atoms with van der Waals surface area (Å²) >= 11 is 6.11. The SMILES string of the molecule is O=C1C2=C(c3ccccc31)c1c(ccc3ccccc13)N[C@@H]2c1ccc(Cl)cc1. The van der Waals surface area contributed by atoms with Crippen molar-refractivity contribution in [3.8, 4) is 0 Å². The summed E-state index contributed by atoms with van der Waals surface area (Å²) < 4.78 is 0. The number of hydrogen-bond acceptors (Lipinski definition) is 2. The number of nitrogens with one attached hydrogen (secondary N) is 1. The Hall–Kier alpha value is -3.36. The smallest absolute Gasteiger partial charge is 0.192 e. The number of fused-ring (bicyclic) bond motifs is 6. The third-order valence-corrected chi connectivity index (χ3v) is 6.18. The molecule has 0 saturated heterocycles. The van der Waals surface area contributed by atoms with E-state index in [1.807, 2.05) is 48.5 Å². The lowest BCUT2D eigenvalue weighted by atomic mass is 9.84.